The Morgan fingerprint density at radius 1 is 1.12 bits per heavy atom. The minimum Gasteiger partial charge on any atom is -0.299 e. The summed E-state index contributed by atoms with van der Waals surface area (Å²) in [7, 11) is 2.32. The fourth-order valence-electron chi connectivity index (χ4n) is 3.62. The van der Waals surface area contributed by atoms with Gasteiger partial charge in [0.2, 0.25) is 0 Å². The molecule has 3 nitrogen and oxygen atoms in total. The molecule has 3 heteroatoms. The number of hydrogen-bond acceptors (Lipinski definition) is 3. The van der Waals surface area contributed by atoms with Crippen LogP contribution in [-0.4, -0.2) is 72.1 Å². The second-order valence-electron chi connectivity index (χ2n) is 6.65. The molecule has 1 spiro atoms. The number of likely N-dealkylation sites (N-methyl/N-ethyl adjacent to an activating group) is 1. The molecule has 0 aromatic carbocycles. The van der Waals surface area contributed by atoms with E-state index in [1.54, 1.807) is 0 Å². The van der Waals surface area contributed by atoms with E-state index in [9.17, 15) is 0 Å². The van der Waals surface area contributed by atoms with Crippen LogP contribution in [0.3, 0.4) is 0 Å². The van der Waals surface area contributed by atoms with Crippen LogP contribution >= 0.6 is 0 Å². The molecule has 1 aliphatic carbocycles. The lowest BCUT2D eigenvalue weighted by Crippen LogP contribution is -2.56. The third-order valence-corrected chi connectivity index (χ3v) is 5.30. The molecule has 0 amide bonds. The van der Waals surface area contributed by atoms with Crippen LogP contribution in [0.4, 0.5) is 0 Å². The van der Waals surface area contributed by atoms with Gasteiger partial charge in [0, 0.05) is 50.3 Å². The predicted molar refractivity (Wildman–Crippen MR) is 71.3 cm³/mol. The molecule has 0 aromatic rings. The van der Waals surface area contributed by atoms with Crippen molar-refractivity contribution in [3.05, 3.63) is 0 Å². The third-order valence-electron chi connectivity index (χ3n) is 5.30. The summed E-state index contributed by atoms with van der Waals surface area (Å²) in [4.78, 5) is 8.04. The molecule has 2 aliphatic heterocycles. The van der Waals surface area contributed by atoms with Crippen molar-refractivity contribution in [3.63, 3.8) is 0 Å². The molecule has 17 heavy (non-hydrogen) atoms. The van der Waals surface area contributed by atoms with Gasteiger partial charge < -0.3 is 0 Å². The summed E-state index contributed by atoms with van der Waals surface area (Å²) < 4.78 is 0. The van der Waals surface area contributed by atoms with Gasteiger partial charge in [0.25, 0.3) is 0 Å². The smallest absolute Gasteiger partial charge is 0.0335 e. The Balaban J connectivity index is 1.59. The highest BCUT2D eigenvalue weighted by atomic mass is 15.4. The molecule has 1 saturated carbocycles. The topological polar surface area (TPSA) is 9.72 Å². The second kappa shape index (κ2) is 4.22. The van der Waals surface area contributed by atoms with Crippen LogP contribution in [0.25, 0.3) is 0 Å². The molecular formula is C14H27N3. The van der Waals surface area contributed by atoms with Gasteiger partial charge in [-0.25, -0.2) is 0 Å². The zero-order valence-electron chi connectivity index (χ0n) is 11.7. The molecule has 3 fully saturated rings. The first-order valence-corrected chi connectivity index (χ1v) is 7.30. The lowest BCUT2D eigenvalue weighted by Gasteiger charge is -2.43. The number of likely N-dealkylation sites (tertiary alicyclic amines) is 1. The van der Waals surface area contributed by atoms with Crippen molar-refractivity contribution in [2.45, 2.75) is 50.7 Å². The van der Waals surface area contributed by atoms with Crippen molar-refractivity contribution < 1.29 is 0 Å². The summed E-state index contributed by atoms with van der Waals surface area (Å²) in [5, 5.41) is 0. The van der Waals surface area contributed by atoms with Crippen LogP contribution < -0.4 is 0 Å². The molecule has 0 bridgehead atoms. The zero-order chi connectivity index (χ0) is 12.0. The Kier molecular flexibility index (Phi) is 2.96. The van der Waals surface area contributed by atoms with Crippen LogP contribution in [0, 0.1) is 0 Å². The highest BCUT2D eigenvalue weighted by molar-refractivity contribution is 5.08. The number of nitrogens with zero attached hydrogens (tertiary/aromatic N) is 3. The maximum Gasteiger partial charge on any atom is 0.0335 e. The average Bonchev–Trinajstić information content (AvgIpc) is 2.89. The molecule has 1 atom stereocenters. The van der Waals surface area contributed by atoms with Gasteiger partial charge in [-0.2, -0.15) is 0 Å². The predicted octanol–water partition coefficient (Wildman–Crippen LogP) is 1.25. The van der Waals surface area contributed by atoms with Gasteiger partial charge in [0.1, 0.15) is 0 Å². The van der Waals surface area contributed by atoms with Gasteiger partial charge in [-0.1, -0.05) is 0 Å². The van der Waals surface area contributed by atoms with Gasteiger partial charge in [-0.05, 0) is 40.2 Å². The fraction of sp³-hybridized carbons (Fsp3) is 1.00. The molecule has 3 aliphatic rings. The number of piperazine rings is 1. The van der Waals surface area contributed by atoms with Crippen molar-refractivity contribution >= 4 is 0 Å². The maximum atomic E-state index is 2.79. The van der Waals surface area contributed by atoms with E-state index in [0.29, 0.717) is 5.54 Å². The third kappa shape index (κ3) is 2.13. The molecular weight excluding hydrogens is 210 g/mol. The van der Waals surface area contributed by atoms with E-state index in [0.717, 1.165) is 12.1 Å². The van der Waals surface area contributed by atoms with E-state index in [1.807, 2.05) is 0 Å². The second-order valence-corrected chi connectivity index (χ2v) is 6.65. The van der Waals surface area contributed by atoms with Crippen LogP contribution in [0.15, 0.2) is 0 Å². The monoisotopic (exact) mass is 237 g/mol. The molecule has 0 N–H and O–H groups in total. The van der Waals surface area contributed by atoms with Gasteiger partial charge >= 0.3 is 0 Å². The van der Waals surface area contributed by atoms with Gasteiger partial charge in [-0.3, -0.25) is 14.7 Å². The highest BCUT2D eigenvalue weighted by Crippen LogP contribution is 2.44. The van der Waals surface area contributed by atoms with E-state index in [1.165, 1.54) is 52.0 Å². The van der Waals surface area contributed by atoms with E-state index in [2.05, 4.69) is 35.6 Å². The van der Waals surface area contributed by atoms with Crippen LogP contribution in [0.1, 0.15) is 33.1 Å². The molecule has 0 aromatic heterocycles. The van der Waals surface area contributed by atoms with Crippen molar-refractivity contribution in [1.82, 2.24) is 14.7 Å². The first kappa shape index (κ1) is 11.9. The molecule has 1 unspecified atom stereocenters. The fourth-order valence-corrected chi connectivity index (χ4v) is 3.62. The van der Waals surface area contributed by atoms with E-state index < -0.39 is 0 Å². The molecule has 3 rings (SSSR count). The normalized spacial score (nSPS) is 34.9. The first-order valence-electron chi connectivity index (χ1n) is 7.30. The SMILES string of the molecule is CC(C)N1CCC(N2CCN(C)C3(CC3)C2)C1. The Morgan fingerprint density at radius 2 is 1.88 bits per heavy atom. The van der Waals surface area contributed by atoms with E-state index >= 15 is 0 Å². The van der Waals surface area contributed by atoms with Crippen molar-refractivity contribution in [1.29, 1.82) is 0 Å². The lowest BCUT2D eigenvalue weighted by molar-refractivity contribution is 0.0522. The molecule has 0 radical (unpaired) electrons. The zero-order valence-corrected chi connectivity index (χ0v) is 11.7. The molecule has 2 saturated heterocycles. The first-order chi connectivity index (χ1) is 8.11. The number of hydrogen-bond donors (Lipinski definition) is 0. The van der Waals surface area contributed by atoms with E-state index in [4.69, 9.17) is 0 Å². The average molecular weight is 237 g/mol. The van der Waals surface area contributed by atoms with Gasteiger partial charge in [-0.15, -0.1) is 0 Å². The lowest BCUT2D eigenvalue weighted by atomic mass is 10.1. The maximum absolute atomic E-state index is 2.79. The van der Waals surface area contributed by atoms with Crippen molar-refractivity contribution in [2.75, 3.05) is 39.8 Å². The summed E-state index contributed by atoms with van der Waals surface area (Å²) in [6.07, 6.45) is 4.25. The minimum absolute atomic E-state index is 0.587. The Bertz CT molecular complexity index is 285. The summed E-state index contributed by atoms with van der Waals surface area (Å²) in [6, 6.07) is 1.56. The quantitative estimate of drug-likeness (QED) is 0.716. The highest BCUT2D eigenvalue weighted by Gasteiger charge is 2.50. The summed E-state index contributed by atoms with van der Waals surface area (Å²) in [6.45, 7) is 11.2. The van der Waals surface area contributed by atoms with Crippen LogP contribution in [-0.2, 0) is 0 Å². The summed E-state index contributed by atoms with van der Waals surface area (Å²) in [5.74, 6) is 0. The standard InChI is InChI=1S/C14H27N3/c1-12(2)16-7-4-13(10-16)17-9-8-15(3)14(11-17)5-6-14/h12-13H,4-11H2,1-3H3. The van der Waals surface area contributed by atoms with Crippen LogP contribution in [0.5, 0.6) is 0 Å². The summed E-state index contributed by atoms with van der Waals surface area (Å²) >= 11 is 0. The Morgan fingerprint density at radius 3 is 2.47 bits per heavy atom. The van der Waals surface area contributed by atoms with Crippen LogP contribution in [0.2, 0.25) is 0 Å². The molecule has 2 heterocycles. The Labute approximate surface area is 106 Å². The summed E-state index contributed by atoms with van der Waals surface area (Å²) in [5.41, 5.74) is 0.587. The van der Waals surface area contributed by atoms with Crippen molar-refractivity contribution in [3.8, 4) is 0 Å². The molecule has 98 valence electrons. The van der Waals surface area contributed by atoms with Gasteiger partial charge in [0.15, 0.2) is 0 Å². The van der Waals surface area contributed by atoms with Crippen molar-refractivity contribution in [2.24, 2.45) is 0 Å². The number of rotatable bonds is 2. The van der Waals surface area contributed by atoms with Gasteiger partial charge in [0.05, 0.1) is 0 Å². The largest absolute Gasteiger partial charge is 0.299 e. The van der Waals surface area contributed by atoms with E-state index in [-0.39, 0.29) is 0 Å². The Hall–Kier alpha value is -0.120. The minimum atomic E-state index is 0.587.